The highest BCUT2D eigenvalue weighted by molar-refractivity contribution is 5.87. The largest absolute Gasteiger partial charge is 0.355 e. The first-order valence-electron chi connectivity index (χ1n) is 11.2. The fraction of sp³-hybridized carbons (Fsp3) is 0.667. The SMILES string of the molecule is CCN1C(=NCC(C)C)N[C@@H](CCc2ccccc2)[C@H](C(=O)NCC(C)C)[C@H]1C. The molecule has 1 aromatic carbocycles. The van der Waals surface area contributed by atoms with Crippen LogP contribution in [0.4, 0.5) is 0 Å². The van der Waals surface area contributed by atoms with Crippen molar-refractivity contribution in [2.45, 2.75) is 66.5 Å². The van der Waals surface area contributed by atoms with Crippen molar-refractivity contribution in [3.63, 3.8) is 0 Å². The predicted octanol–water partition coefficient (Wildman–Crippen LogP) is 3.70. The molecule has 1 aliphatic rings. The Morgan fingerprint density at radius 1 is 1.17 bits per heavy atom. The highest BCUT2D eigenvalue weighted by Gasteiger charge is 2.41. The number of amides is 1. The minimum atomic E-state index is -0.101. The molecular formula is C24H40N4O. The molecule has 1 fully saturated rings. The van der Waals surface area contributed by atoms with Gasteiger partial charge in [0.15, 0.2) is 5.96 Å². The number of guanidine groups is 1. The third-order valence-electron chi connectivity index (χ3n) is 5.55. The Morgan fingerprint density at radius 3 is 2.45 bits per heavy atom. The number of carbonyl (C=O) groups excluding carboxylic acids is 1. The number of hydrogen-bond donors (Lipinski definition) is 2. The fourth-order valence-corrected chi connectivity index (χ4v) is 3.95. The lowest BCUT2D eigenvalue weighted by Crippen LogP contribution is -2.65. The molecule has 0 radical (unpaired) electrons. The molecule has 0 aliphatic carbocycles. The van der Waals surface area contributed by atoms with Crippen LogP contribution in [0.3, 0.4) is 0 Å². The third kappa shape index (κ3) is 6.76. The molecule has 1 amide bonds. The number of nitrogens with zero attached hydrogens (tertiary/aromatic N) is 2. The molecule has 5 heteroatoms. The van der Waals surface area contributed by atoms with E-state index in [0.29, 0.717) is 18.4 Å². The van der Waals surface area contributed by atoms with Gasteiger partial charge in [0.25, 0.3) is 0 Å². The third-order valence-corrected chi connectivity index (χ3v) is 5.55. The topological polar surface area (TPSA) is 56.7 Å². The quantitative estimate of drug-likeness (QED) is 0.664. The summed E-state index contributed by atoms with van der Waals surface area (Å²) < 4.78 is 0. The van der Waals surface area contributed by atoms with E-state index in [1.54, 1.807) is 0 Å². The predicted molar refractivity (Wildman–Crippen MR) is 122 cm³/mol. The molecule has 3 atom stereocenters. The zero-order valence-electron chi connectivity index (χ0n) is 19.1. The fourth-order valence-electron chi connectivity index (χ4n) is 3.95. The van der Waals surface area contributed by atoms with Crippen LogP contribution in [0, 0.1) is 17.8 Å². The molecule has 2 N–H and O–H groups in total. The molecule has 0 saturated carbocycles. The summed E-state index contributed by atoms with van der Waals surface area (Å²) >= 11 is 0. The van der Waals surface area contributed by atoms with E-state index in [9.17, 15) is 4.79 Å². The molecule has 0 unspecified atom stereocenters. The van der Waals surface area contributed by atoms with Crippen molar-refractivity contribution in [2.24, 2.45) is 22.7 Å². The summed E-state index contributed by atoms with van der Waals surface area (Å²) in [5.41, 5.74) is 1.31. The summed E-state index contributed by atoms with van der Waals surface area (Å²) in [7, 11) is 0. The van der Waals surface area contributed by atoms with Crippen molar-refractivity contribution in [2.75, 3.05) is 19.6 Å². The Kier molecular flexibility index (Phi) is 8.99. The monoisotopic (exact) mass is 400 g/mol. The maximum atomic E-state index is 13.2. The van der Waals surface area contributed by atoms with Crippen LogP contribution < -0.4 is 10.6 Å². The van der Waals surface area contributed by atoms with E-state index in [1.165, 1.54) is 5.56 Å². The van der Waals surface area contributed by atoms with Crippen LogP contribution >= 0.6 is 0 Å². The Hall–Kier alpha value is -2.04. The van der Waals surface area contributed by atoms with Crippen molar-refractivity contribution in [1.82, 2.24) is 15.5 Å². The maximum Gasteiger partial charge on any atom is 0.227 e. The lowest BCUT2D eigenvalue weighted by molar-refractivity contribution is -0.128. The minimum Gasteiger partial charge on any atom is -0.355 e. The number of aryl methyl sites for hydroxylation is 1. The van der Waals surface area contributed by atoms with Gasteiger partial charge < -0.3 is 15.5 Å². The van der Waals surface area contributed by atoms with E-state index in [1.807, 2.05) is 6.07 Å². The van der Waals surface area contributed by atoms with Crippen molar-refractivity contribution in [3.8, 4) is 0 Å². The van der Waals surface area contributed by atoms with Gasteiger partial charge >= 0.3 is 0 Å². The van der Waals surface area contributed by atoms with Crippen LogP contribution in [0.25, 0.3) is 0 Å². The van der Waals surface area contributed by atoms with Gasteiger partial charge in [-0.2, -0.15) is 0 Å². The average molecular weight is 401 g/mol. The van der Waals surface area contributed by atoms with Crippen LogP contribution in [-0.4, -0.2) is 48.5 Å². The minimum absolute atomic E-state index is 0.0751. The van der Waals surface area contributed by atoms with Crippen LogP contribution in [-0.2, 0) is 11.2 Å². The molecule has 29 heavy (non-hydrogen) atoms. The van der Waals surface area contributed by atoms with Crippen molar-refractivity contribution >= 4 is 11.9 Å². The molecule has 0 spiro atoms. The summed E-state index contributed by atoms with van der Waals surface area (Å²) in [5, 5.41) is 6.82. The van der Waals surface area contributed by atoms with Crippen LogP contribution in [0.1, 0.15) is 53.5 Å². The molecule has 0 aromatic heterocycles. The average Bonchev–Trinajstić information content (AvgIpc) is 2.69. The molecule has 1 aromatic rings. The molecule has 2 rings (SSSR count). The highest BCUT2D eigenvalue weighted by atomic mass is 16.2. The summed E-state index contributed by atoms with van der Waals surface area (Å²) in [6.07, 6.45) is 1.86. The zero-order chi connectivity index (χ0) is 21.4. The van der Waals surface area contributed by atoms with Gasteiger partial charge in [0, 0.05) is 31.7 Å². The molecule has 1 aliphatic heterocycles. The summed E-state index contributed by atoms with van der Waals surface area (Å²) in [6.45, 7) is 15.3. The molecule has 162 valence electrons. The molecule has 1 saturated heterocycles. The Balaban J connectivity index is 2.22. The lowest BCUT2D eigenvalue weighted by atomic mass is 9.85. The highest BCUT2D eigenvalue weighted by Crippen LogP contribution is 2.25. The molecule has 5 nitrogen and oxygen atoms in total. The van der Waals surface area contributed by atoms with Gasteiger partial charge in [0.2, 0.25) is 5.91 Å². The van der Waals surface area contributed by atoms with E-state index >= 15 is 0 Å². The van der Waals surface area contributed by atoms with E-state index < -0.39 is 0 Å². The standard InChI is InChI=1S/C24H40N4O/c1-7-28-19(6)22(23(29)25-15-17(2)3)21(27-24(28)26-16-18(4)5)14-13-20-11-9-8-10-12-20/h8-12,17-19,21-22H,7,13-16H2,1-6H3,(H,25,29)(H,26,27)/t19-,21+,22-/m1/s1. The molecule has 0 bridgehead atoms. The Labute approximate surface area is 177 Å². The normalized spacial score (nSPS) is 23.5. The Bertz CT molecular complexity index is 656. The smallest absolute Gasteiger partial charge is 0.227 e. The summed E-state index contributed by atoms with van der Waals surface area (Å²) in [5.74, 6) is 1.94. The first-order valence-corrected chi connectivity index (χ1v) is 11.2. The number of rotatable bonds is 9. The number of carbonyl (C=O) groups is 1. The number of nitrogens with one attached hydrogen (secondary N) is 2. The van der Waals surface area contributed by atoms with Gasteiger partial charge in [-0.3, -0.25) is 9.79 Å². The van der Waals surface area contributed by atoms with E-state index in [4.69, 9.17) is 4.99 Å². The second-order valence-electron chi connectivity index (χ2n) is 9.02. The first-order chi connectivity index (χ1) is 13.8. The van der Waals surface area contributed by atoms with Gasteiger partial charge in [-0.25, -0.2) is 0 Å². The zero-order valence-corrected chi connectivity index (χ0v) is 19.1. The van der Waals surface area contributed by atoms with Crippen molar-refractivity contribution < 1.29 is 4.79 Å². The maximum absolute atomic E-state index is 13.2. The number of benzene rings is 1. The van der Waals surface area contributed by atoms with Crippen LogP contribution in [0.15, 0.2) is 35.3 Å². The van der Waals surface area contributed by atoms with Crippen LogP contribution in [0.5, 0.6) is 0 Å². The second kappa shape index (κ2) is 11.2. The van der Waals surface area contributed by atoms with Crippen molar-refractivity contribution in [3.05, 3.63) is 35.9 Å². The second-order valence-corrected chi connectivity index (χ2v) is 9.02. The summed E-state index contributed by atoms with van der Waals surface area (Å²) in [6, 6.07) is 10.7. The van der Waals surface area contributed by atoms with Crippen LogP contribution in [0.2, 0.25) is 0 Å². The van der Waals surface area contributed by atoms with Gasteiger partial charge in [-0.05, 0) is 44.1 Å². The van der Waals surface area contributed by atoms with E-state index in [0.717, 1.165) is 31.9 Å². The van der Waals surface area contributed by atoms with Crippen molar-refractivity contribution in [1.29, 1.82) is 0 Å². The van der Waals surface area contributed by atoms with Gasteiger partial charge in [0.05, 0.1) is 5.92 Å². The van der Waals surface area contributed by atoms with Gasteiger partial charge in [-0.1, -0.05) is 58.0 Å². The Morgan fingerprint density at radius 2 is 1.86 bits per heavy atom. The molecule has 1 heterocycles. The first kappa shape index (κ1) is 23.2. The number of hydrogen-bond acceptors (Lipinski definition) is 2. The lowest BCUT2D eigenvalue weighted by Gasteiger charge is -2.45. The van der Waals surface area contributed by atoms with Gasteiger partial charge in [-0.15, -0.1) is 0 Å². The molecular weight excluding hydrogens is 360 g/mol. The van der Waals surface area contributed by atoms with E-state index in [2.05, 4.69) is 81.3 Å². The number of aliphatic imine (C=N–C) groups is 1. The van der Waals surface area contributed by atoms with Gasteiger partial charge in [0.1, 0.15) is 0 Å². The summed E-state index contributed by atoms with van der Waals surface area (Å²) in [4.78, 5) is 20.3. The van der Waals surface area contributed by atoms with E-state index in [-0.39, 0.29) is 23.9 Å².